The average Bonchev–Trinajstić information content (AvgIpc) is 3.09. The number of carbonyl (C=O) groups excluding carboxylic acids is 1. The van der Waals surface area contributed by atoms with Gasteiger partial charge >= 0.3 is 0 Å². The fourth-order valence-corrected chi connectivity index (χ4v) is 3.58. The van der Waals surface area contributed by atoms with Crippen LogP contribution in [0.1, 0.15) is 32.1 Å². The first-order valence-electron chi connectivity index (χ1n) is 8.60. The molecule has 1 aromatic rings. The average molecular weight is 322 g/mol. The molecule has 2 atom stereocenters. The lowest BCUT2D eigenvalue weighted by molar-refractivity contribution is -0.124. The van der Waals surface area contributed by atoms with Crippen LogP contribution in [0.2, 0.25) is 0 Å². The third-order valence-electron chi connectivity index (χ3n) is 4.88. The molecule has 2 fully saturated rings. The highest BCUT2D eigenvalue weighted by molar-refractivity contribution is 5.76. The van der Waals surface area contributed by atoms with Gasteiger partial charge in [0.15, 0.2) is 0 Å². The fourth-order valence-electron chi connectivity index (χ4n) is 3.58. The summed E-state index contributed by atoms with van der Waals surface area (Å²) in [6.07, 6.45) is 7.56. The predicted molar refractivity (Wildman–Crippen MR) is 83.7 cm³/mol. The number of rotatable bonds is 6. The van der Waals surface area contributed by atoms with E-state index in [2.05, 4.69) is 15.4 Å². The van der Waals surface area contributed by atoms with Gasteiger partial charge in [-0.15, -0.1) is 0 Å². The summed E-state index contributed by atoms with van der Waals surface area (Å²) in [6.45, 7) is 3.89. The second kappa shape index (κ2) is 8.40. The third-order valence-corrected chi connectivity index (χ3v) is 4.88. The molecule has 7 heteroatoms. The monoisotopic (exact) mass is 322 g/mol. The molecule has 0 aliphatic carbocycles. The minimum absolute atomic E-state index is 0.133. The van der Waals surface area contributed by atoms with Crippen molar-refractivity contribution in [1.82, 2.24) is 20.1 Å². The van der Waals surface area contributed by atoms with Crippen LogP contribution in [0.15, 0.2) is 12.7 Å². The van der Waals surface area contributed by atoms with Crippen molar-refractivity contribution in [3.05, 3.63) is 12.7 Å². The van der Waals surface area contributed by atoms with Gasteiger partial charge in [0, 0.05) is 44.7 Å². The first kappa shape index (κ1) is 16.4. The molecule has 7 nitrogen and oxygen atoms in total. The summed E-state index contributed by atoms with van der Waals surface area (Å²) < 4.78 is 12.9. The third kappa shape index (κ3) is 4.75. The number of hydrogen-bond acceptors (Lipinski definition) is 5. The van der Waals surface area contributed by atoms with Gasteiger partial charge < -0.3 is 14.8 Å². The van der Waals surface area contributed by atoms with Gasteiger partial charge in [0.1, 0.15) is 12.7 Å². The van der Waals surface area contributed by atoms with E-state index in [-0.39, 0.29) is 11.9 Å². The summed E-state index contributed by atoms with van der Waals surface area (Å²) in [5, 5.41) is 7.29. The highest BCUT2D eigenvalue weighted by Crippen LogP contribution is 2.30. The first-order valence-corrected chi connectivity index (χ1v) is 8.60. The van der Waals surface area contributed by atoms with Crippen LogP contribution in [0.3, 0.4) is 0 Å². The highest BCUT2D eigenvalue weighted by Gasteiger charge is 2.34. The second-order valence-electron chi connectivity index (χ2n) is 6.41. The van der Waals surface area contributed by atoms with Crippen molar-refractivity contribution in [2.24, 2.45) is 11.8 Å². The number of nitrogens with zero attached hydrogens (tertiary/aromatic N) is 3. The van der Waals surface area contributed by atoms with E-state index in [9.17, 15) is 4.79 Å². The SMILES string of the molecule is O=C(CCCn1cncn1)N[C@H]1CCOC[C@H]1C1CCOCC1. The van der Waals surface area contributed by atoms with Crippen molar-refractivity contribution < 1.29 is 14.3 Å². The molecule has 2 aliphatic heterocycles. The van der Waals surface area contributed by atoms with Gasteiger partial charge in [0.05, 0.1) is 6.61 Å². The van der Waals surface area contributed by atoms with Crippen molar-refractivity contribution >= 4 is 5.91 Å². The van der Waals surface area contributed by atoms with Crippen LogP contribution in [0.4, 0.5) is 0 Å². The Labute approximate surface area is 136 Å². The summed E-state index contributed by atoms with van der Waals surface area (Å²) in [4.78, 5) is 16.1. The molecule has 1 N–H and O–H groups in total. The lowest BCUT2D eigenvalue weighted by Gasteiger charge is -2.39. The van der Waals surface area contributed by atoms with Gasteiger partial charge in [-0.1, -0.05) is 0 Å². The summed E-state index contributed by atoms with van der Waals surface area (Å²) >= 11 is 0. The van der Waals surface area contributed by atoms with E-state index in [1.807, 2.05) is 0 Å². The summed E-state index contributed by atoms with van der Waals surface area (Å²) in [5.41, 5.74) is 0. The standard InChI is InChI=1S/C16H26N4O3/c21-16(2-1-6-20-12-17-11-18-20)19-15-5-9-23-10-14(15)13-3-7-22-8-4-13/h11-15H,1-10H2,(H,19,21)/t14-,15-/m0/s1. The van der Waals surface area contributed by atoms with Crippen LogP contribution in [0.5, 0.6) is 0 Å². The zero-order chi connectivity index (χ0) is 15.9. The second-order valence-corrected chi connectivity index (χ2v) is 6.41. The lowest BCUT2D eigenvalue weighted by Crippen LogP contribution is -2.49. The van der Waals surface area contributed by atoms with Crippen LogP contribution in [-0.4, -0.2) is 53.1 Å². The number of aryl methyl sites for hydroxylation is 1. The molecule has 0 radical (unpaired) electrons. The summed E-state index contributed by atoms with van der Waals surface area (Å²) in [6, 6.07) is 0.241. The van der Waals surface area contributed by atoms with Crippen LogP contribution < -0.4 is 5.32 Å². The van der Waals surface area contributed by atoms with E-state index in [4.69, 9.17) is 9.47 Å². The van der Waals surface area contributed by atoms with Crippen LogP contribution >= 0.6 is 0 Å². The molecule has 0 bridgehead atoms. The van der Waals surface area contributed by atoms with Crippen LogP contribution in [0, 0.1) is 11.8 Å². The lowest BCUT2D eigenvalue weighted by atomic mass is 9.79. The van der Waals surface area contributed by atoms with E-state index < -0.39 is 0 Å². The minimum Gasteiger partial charge on any atom is -0.381 e. The number of ether oxygens (including phenoxy) is 2. The number of carbonyl (C=O) groups is 1. The van der Waals surface area contributed by atoms with Crippen molar-refractivity contribution in [3.8, 4) is 0 Å². The van der Waals surface area contributed by atoms with E-state index in [0.717, 1.165) is 58.7 Å². The zero-order valence-corrected chi connectivity index (χ0v) is 13.5. The molecule has 0 aromatic carbocycles. The molecular formula is C16H26N4O3. The Balaban J connectivity index is 1.45. The van der Waals surface area contributed by atoms with Crippen LogP contribution in [0.25, 0.3) is 0 Å². The number of aromatic nitrogens is 3. The zero-order valence-electron chi connectivity index (χ0n) is 13.5. The van der Waals surface area contributed by atoms with E-state index in [1.165, 1.54) is 6.33 Å². The Morgan fingerprint density at radius 2 is 2.04 bits per heavy atom. The largest absolute Gasteiger partial charge is 0.381 e. The van der Waals surface area contributed by atoms with Crippen molar-refractivity contribution in [1.29, 1.82) is 0 Å². The van der Waals surface area contributed by atoms with Gasteiger partial charge in [-0.05, 0) is 31.6 Å². The molecule has 23 heavy (non-hydrogen) atoms. The number of nitrogens with one attached hydrogen (secondary N) is 1. The van der Waals surface area contributed by atoms with E-state index in [1.54, 1.807) is 11.0 Å². The van der Waals surface area contributed by atoms with E-state index >= 15 is 0 Å². The minimum atomic E-state index is 0.133. The molecule has 128 valence electrons. The van der Waals surface area contributed by atoms with Gasteiger partial charge in [-0.3, -0.25) is 9.48 Å². The molecule has 2 aliphatic rings. The van der Waals surface area contributed by atoms with Gasteiger partial charge in [-0.25, -0.2) is 4.98 Å². The smallest absolute Gasteiger partial charge is 0.220 e. The Kier molecular flexibility index (Phi) is 5.99. The number of hydrogen-bond donors (Lipinski definition) is 1. The van der Waals surface area contributed by atoms with Crippen molar-refractivity contribution in [2.45, 2.75) is 44.7 Å². The molecule has 2 saturated heterocycles. The maximum Gasteiger partial charge on any atom is 0.220 e. The molecule has 0 unspecified atom stereocenters. The van der Waals surface area contributed by atoms with Crippen LogP contribution in [-0.2, 0) is 20.8 Å². The van der Waals surface area contributed by atoms with Crippen molar-refractivity contribution in [2.75, 3.05) is 26.4 Å². The maximum atomic E-state index is 12.2. The first-order chi connectivity index (χ1) is 11.3. The molecule has 0 saturated carbocycles. The van der Waals surface area contributed by atoms with Gasteiger partial charge in [0.2, 0.25) is 5.91 Å². The molecular weight excluding hydrogens is 296 g/mol. The Morgan fingerprint density at radius 1 is 1.22 bits per heavy atom. The summed E-state index contributed by atoms with van der Waals surface area (Å²) in [7, 11) is 0. The number of amides is 1. The topological polar surface area (TPSA) is 78.3 Å². The van der Waals surface area contributed by atoms with E-state index in [0.29, 0.717) is 18.3 Å². The molecule has 0 spiro atoms. The quantitative estimate of drug-likeness (QED) is 0.845. The predicted octanol–water partition coefficient (Wildman–Crippen LogP) is 1.01. The van der Waals surface area contributed by atoms with Gasteiger partial charge in [-0.2, -0.15) is 5.10 Å². The fraction of sp³-hybridized carbons (Fsp3) is 0.812. The normalized spacial score (nSPS) is 26.1. The summed E-state index contributed by atoms with van der Waals surface area (Å²) in [5.74, 6) is 1.16. The Morgan fingerprint density at radius 3 is 2.83 bits per heavy atom. The molecule has 1 aromatic heterocycles. The highest BCUT2D eigenvalue weighted by atomic mass is 16.5. The molecule has 3 rings (SSSR count). The Bertz CT molecular complexity index is 474. The maximum absolute atomic E-state index is 12.2. The Hall–Kier alpha value is -1.47. The van der Waals surface area contributed by atoms with Crippen molar-refractivity contribution in [3.63, 3.8) is 0 Å². The molecule has 1 amide bonds. The van der Waals surface area contributed by atoms with Gasteiger partial charge in [0.25, 0.3) is 0 Å². The molecule has 3 heterocycles.